The molecule has 0 atom stereocenters. The summed E-state index contributed by atoms with van der Waals surface area (Å²) in [4.78, 5) is 57.7. The molecule has 0 aliphatic rings. The zero-order valence-corrected chi connectivity index (χ0v) is 18.5. The molecule has 0 heterocycles. The largest absolute Gasteiger partial charge is 0.481 e. The van der Waals surface area contributed by atoms with Gasteiger partial charge < -0.3 is 34.7 Å². The van der Waals surface area contributed by atoms with Gasteiger partial charge in [-0.25, -0.2) is 19.2 Å². The molecular weight excluding hydrogens is 428 g/mol. The number of carbonyl (C=O) groups is 5. The van der Waals surface area contributed by atoms with Gasteiger partial charge in [0.25, 0.3) is 0 Å². The standard InChI is InChI=1S/C20H30N2O10/c1-6-20(17(25)26,11-31-18(27)21-7-9-29-15(23)13(2)3)12-32-19(28)22-8-10-30-16(24)14(4)5/h2,4,6-12H2,1,3,5H3,(H,21,27)(H,22,28)(H,25,26). The van der Waals surface area contributed by atoms with E-state index in [-0.39, 0.29) is 43.9 Å². The average molecular weight is 458 g/mol. The molecule has 0 bridgehead atoms. The van der Waals surface area contributed by atoms with Gasteiger partial charge >= 0.3 is 30.1 Å². The van der Waals surface area contributed by atoms with Gasteiger partial charge in [0.1, 0.15) is 31.8 Å². The second-order valence-corrected chi connectivity index (χ2v) is 6.78. The third kappa shape index (κ3) is 11.0. The highest BCUT2D eigenvalue weighted by molar-refractivity contribution is 5.87. The minimum Gasteiger partial charge on any atom is -0.481 e. The van der Waals surface area contributed by atoms with Crippen molar-refractivity contribution < 1.29 is 48.0 Å². The smallest absolute Gasteiger partial charge is 0.407 e. The molecule has 12 nitrogen and oxygen atoms in total. The summed E-state index contributed by atoms with van der Waals surface area (Å²) in [5, 5.41) is 14.1. The maximum Gasteiger partial charge on any atom is 0.407 e. The van der Waals surface area contributed by atoms with E-state index >= 15 is 0 Å². The average Bonchev–Trinajstić information content (AvgIpc) is 2.73. The number of hydrogen-bond acceptors (Lipinski definition) is 9. The number of rotatable bonds is 14. The monoisotopic (exact) mass is 458 g/mol. The van der Waals surface area contributed by atoms with E-state index in [4.69, 9.17) is 18.9 Å². The van der Waals surface area contributed by atoms with Crippen molar-refractivity contribution in [3.8, 4) is 0 Å². The fourth-order valence-electron chi connectivity index (χ4n) is 1.87. The molecule has 0 aliphatic heterocycles. The van der Waals surface area contributed by atoms with Gasteiger partial charge in [0.15, 0.2) is 0 Å². The van der Waals surface area contributed by atoms with Crippen molar-refractivity contribution in [2.24, 2.45) is 5.41 Å². The van der Waals surface area contributed by atoms with E-state index < -0.39 is 48.7 Å². The van der Waals surface area contributed by atoms with Crippen molar-refractivity contribution in [1.29, 1.82) is 0 Å². The molecule has 2 amide bonds. The van der Waals surface area contributed by atoms with Gasteiger partial charge in [0.2, 0.25) is 0 Å². The third-order valence-corrected chi connectivity index (χ3v) is 4.00. The highest BCUT2D eigenvalue weighted by Crippen LogP contribution is 2.24. The van der Waals surface area contributed by atoms with Crippen LogP contribution in [0.3, 0.4) is 0 Å². The molecule has 0 spiro atoms. The van der Waals surface area contributed by atoms with Gasteiger partial charge in [-0.3, -0.25) is 4.79 Å². The molecule has 0 saturated carbocycles. The number of nitrogens with one attached hydrogen (secondary N) is 2. The second kappa shape index (κ2) is 14.4. The summed E-state index contributed by atoms with van der Waals surface area (Å²) in [6.07, 6.45) is -1.87. The predicted octanol–water partition coefficient (Wildman–Crippen LogP) is 1.16. The summed E-state index contributed by atoms with van der Waals surface area (Å²) in [6.45, 7) is 9.80. The number of esters is 2. The topological polar surface area (TPSA) is 167 Å². The van der Waals surface area contributed by atoms with Gasteiger partial charge in [-0.1, -0.05) is 20.1 Å². The lowest BCUT2D eigenvalue weighted by molar-refractivity contribution is -0.155. The predicted molar refractivity (Wildman–Crippen MR) is 111 cm³/mol. The maximum absolute atomic E-state index is 11.8. The number of ether oxygens (including phenoxy) is 4. The number of aliphatic carboxylic acids is 1. The maximum atomic E-state index is 11.8. The SMILES string of the molecule is C=C(C)C(=O)OCCNC(=O)OCC(CC)(COC(=O)NCCOC(=O)C(=C)C)C(=O)O. The summed E-state index contributed by atoms with van der Waals surface area (Å²) in [5.41, 5.74) is -1.26. The number of alkyl carbamates (subject to hydrolysis) is 2. The normalized spacial score (nSPS) is 10.3. The van der Waals surface area contributed by atoms with E-state index in [9.17, 15) is 29.1 Å². The van der Waals surface area contributed by atoms with Crippen molar-refractivity contribution in [1.82, 2.24) is 10.6 Å². The molecule has 0 unspecified atom stereocenters. The van der Waals surface area contributed by atoms with Crippen LogP contribution in [-0.2, 0) is 33.3 Å². The van der Waals surface area contributed by atoms with Crippen LogP contribution in [0.2, 0.25) is 0 Å². The molecule has 0 saturated heterocycles. The molecule has 0 rings (SSSR count). The van der Waals surface area contributed by atoms with Crippen LogP contribution < -0.4 is 10.6 Å². The van der Waals surface area contributed by atoms with Crippen LogP contribution in [0.15, 0.2) is 24.3 Å². The van der Waals surface area contributed by atoms with Gasteiger partial charge in [-0.2, -0.15) is 0 Å². The number of carbonyl (C=O) groups excluding carboxylic acids is 4. The van der Waals surface area contributed by atoms with Crippen LogP contribution in [0.4, 0.5) is 9.59 Å². The Morgan fingerprint density at radius 1 is 0.781 bits per heavy atom. The lowest BCUT2D eigenvalue weighted by atomic mass is 9.87. The van der Waals surface area contributed by atoms with Crippen LogP contribution in [0.5, 0.6) is 0 Å². The van der Waals surface area contributed by atoms with Crippen LogP contribution in [0, 0.1) is 5.41 Å². The summed E-state index contributed by atoms with van der Waals surface area (Å²) >= 11 is 0. The van der Waals surface area contributed by atoms with Crippen molar-refractivity contribution >= 4 is 30.1 Å². The third-order valence-electron chi connectivity index (χ3n) is 4.00. The lowest BCUT2D eigenvalue weighted by Crippen LogP contribution is -2.43. The Morgan fingerprint density at radius 2 is 1.16 bits per heavy atom. The van der Waals surface area contributed by atoms with E-state index in [1.807, 2.05) is 0 Å². The van der Waals surface area contributed by atoms with E-state index in [1.165, 1.54) is 20.8 Å². The van der Waals surface area contributed by atoms with Crippen LogP contribution >= 0.6 is 0 Å². The van der Waals surface area contributed by atoms with E-state index in [2.05, 4.69) is 23.8 Å². The van der Waals surface area contributed by atoms with Crippen LogP contribution in [0.25, 0.3) is 0 Å². The fourth-order valence-corrected chi connectivity index (χ4v) is 1.87. The Labute approximate surface area is 185 Å². The molecule has 0 fully saturated rings. The fraction of sp³-hybridized carbons (Fsp3) is 0.550. The Balaban J connectivity index is 4.46. The van der Waals surface area contributed by atoms with Crippen LogP contribution in [-0.4, -0.2) is 74.7 Å². The molecule has 180 valence electrons. The first kappa shape index (κ1) is 28.4. The molecule has 32 heavy (non-hydrogen) atoms. The van der Waals surface area contributed by atoms with E-state index in [1.54, 1.807) is 0 Å². The molecule has 0 aromatic carbocycles. The minimum absolute atomic E-state index is 0.00462. The molecule has 3 N–H and O–H groups in total. The summed E-state index contributed by atoms with van der Waals surface area (Å²) in [5.74, 6) is -2.55. The van der Waals surface area contributed by atoms with Crippen molar-refractivity contribution in [3.63, 3.8) is 0 Å². The molecule has 0 aromatic rings. The van der Waals surface area contributed by atoms with E-state index in [0.29, 0.717) is 0 Å². The number of carboxylic acids is 1. The molecule has 0 radical (unpaired) electrons. The van der Waals surface area contributed by atoms with Gasteiger partial charge in [-0.15, -0.1) is 0 Å². The summed E-state index contributed by atoms with van der Waals surface area (Å²) < 4.78 is 19.4. The Morgan fingerprint density at radius 3 is 1.44 bits per heavy atom. The lowest BCUT2D eigenvalue weighted by Gasteiger charge is -2.27. The molecule has 0 aromatic heterocycles. The van der Waals surface area contributed by atoms with Crippen molar-refractivity contribution in [2.75, 3.05) is 39.5 Å². The van der Waals surface area contributed by atoms with Crippen molar-refractivity contribution in [2.45, 2.75) is 27.2 Å². The second-order valence-electron chi connectivity index (χ2n) is 6.78. The first-order valence-corrected chi connectivity index (χ1v) is 9.65. The Hall–Kier alpha value is -3.57. The highest BCUT2D eigenvalue weighted by atomic mass is 16.6. The minimum atomic E-state index is -1.67. The molecular formula is C20H30N2O10. The first-order chi connectivity index (χ1) is 14.9. The van der Waals surface area contributed by atoms with E-state index in [0.717, 1.165) is 0 Å². The number of hydrogen-bond donors (Lipinski definition) is 3. The quantitative estimate of drug-likeness (QED) is 0.149. The zero-order valence-electron chi connectivity index (χ0n) is 18.5. The molecule has 0 aliphatic carbocycles. The number of amides is 2. The van der Waals surface area contributed by atoms with Gasteiger partial charge in [0, 0.05) is 11.1 Å². The summed E-state index contributed by atoms with van der Waals surface area (Å²) in [7, 11) is 0. The van der Waals surface area contributed by atoms with Gasteiger partial charge in [-0.05, 0) is 20.3 Å². The van der Waals surface area contributed by atoms with Crippen molar-refractivity contribution in [3.05, 3.63) is 24.3 Å². The highest BCUT2D eigenvalue weighted by Gasteiger charge is 2.40. The van der Waals surface area contributed by atoms with Crippen LogP contribution in [0.1, 0.15) is 27.2 Å². The Bertz CT molecular complexity index is 682. The van der Waals surface area contributed by atoms with Gasteiger partial charge in [0.05, 0.1) is 13.1 Å². The summed E-state index contributed by atoms with van der Waals surface area (Å²) in [6, 6.07) is 0. The Kier molecular flexibility index (Phi) is 12.8. The first-order valence-electron chi connectivity index (χ1n) is 9.65. The number of carboxylic acid groups (broad SMARTS) is 1. The zero-order chi connectivity index (χ0) is 24.7. The molecule has 12 heteroatoms.